The Morgan fingerprint density at radius 3 is 2.42 bits per heavy atom. The quantitative estimate of drug-likeness (QED) is 0.680. The van der Waals surface area contributed by atoms with Crippen molar-refractivity contribution in [1.29, 1.82) is 0 Å². The molecule has 0 radical (unpaired) electrons. The first kappa shape index (κ1) is 15.2. The van der Waals surface area contributed by atoms with Gasteiger partial charge in [-0.3, -0.25) is 9.59 Å². The molecule has 0 saturated heterocycles. The number of carbonyl (C=O) groups excluding carboxylic acids is 2. The fraction of sp³-hybridized carbons (Fsp3) is 0.429. The van der Waals surface area contributed by atoms with Crippen molar-refractivity contribution in [2.24, 2.45) is 5.73 Å². The minimum absolute atomic E-state index is 0.0484. The lowest BCUT2D eigenvalue weighted by molar-refractivity contribution is -0.121. The number of nitrogens with two attached hydrogens (primary N) is 1. The Balaban J connectivity index is 2.47. The highest BCUT2D eigenvalue weighted by molar-refractivity contribution is 5.94. The molecule has 1 aromatic rings. The molecule has 0 fully saturated rings. The molecular weight excluding hydrogens is 242 g/mol. The Hall–Kier alpha value is -1.88. The number of hydrogen-bond acceptors (Lipinski definition) is 3. The summed E-state index contributed by atoms with van der Waals surface area (Å²) in [5.41, 5.74) is 6.88. The van der Waals surface area contributed by atoms with Crippen molar-refractivity contribution in [2.45, 2.75) is 26.3 Å². The first-order valence-corrected chi connectivity index (χ1v) is 6.51. The SMILES string of the molecule is CCCC(=O)NCc1ccc(C(=O)NCCN)cc1. The summed E-state index contributed by atoms with van der Waals surface area (Å²) < 4.78 is 0. The normalized spacial score (nSPS) is 10.0. The summed E-state index contributed by atoms with van der Waals surface area (Å²) in [6.45, 7) is 3.35. The monoisotopic (exact) mass is 263 g/mol. The van der Waals surface area contributed by atoms with E-state index in [9.17, 15) is 9.59 Å². The lowest BCUT2D eigenvalue weighted by Crippen LogP contribution is -2.29. The molecule has 19 heavy (non-hydrogen) atoms. The molecule has 0 unspecified atom stereocenters. The molecule has 0 bridgehead atoms. The van der Waals surface area contributed by atoms with Gasteiger partial charge in [-0.05, 0) is 24.1 Å². The van der Waals surface area contributed by atoms with E-state index < -0.39 is 0 Å². The van der Waals surface area contributed by atoms with Crippen LogP contribution in [-0.2, 0) is 11.3 Å². The number of carbonyl (C=O) groups is 2. The first-order chi connectivity index (χ1) is 9.17. The van der Waals surface area contributed by atoms with Crippen LogP contribution in [0, 0.1) is 0 Å². The van der Waals surface area contributed by atoms with E-state index in [4.69, 9.17) is 5.73 Å². The van der Waals surface area contributed by atoms with Crippen LogP contribution in [0.3, 0.4) is 0 Å². The smallest absolute Gasteiger partial charge is 0.251 e. The van der Waals surface area contributed by atoms with E-state index in [0.29, 0.717) is 31.6 Å². The Morgan fingerprint density at radius 1 is 1.16 bits per heavy atom. The van der Waals surface area contributed by atoms with Gasteiger partial charge in [0.1, 0.15) is 0 Å². The van der Waals surface area contributed by atoms with Crippen LogP contribution in [0.25, 0.3) is 0 Å². The molecule has 4 N–H and O–H groups in total. The van der Waals surface area contributed by atoms with Crippen LogP contribution in [0.2, 0.25) is 0 Å². The van der Waals surface area contributed by atoms with Gasteiger partial charge in [0.15, 0.2) is 0 Å². The summed E-state index contributed by atoms with van der Waals surface area (Å²) in [4.78, 5) is 23.0. The van der Waals surface area contributed by atoms with Crippen molar-refractivity contribution >= 4 is 11.8 Å². The highest BCUT2D eigenvalue weighted by Crippen LogP contribution is 2.04. The summed E-state index contributed by atoms with van der Waals surface area (Å²) in [6, 6.07) is 7.16. The molecule has 0 heterocycles. The standard InChI is InChI=1S/C14H21N3O2/c1-2-3-13(18)17-10-11-4-6-12(7-5-11)14(19)16-9-8-15/h4-7H,2-3,8-10,15H2,1H3,(H,16,19)(H,17,18). The average Bonchev–Trinajstić information content (AvgIpc) is 2.43. The molecule has 0 saturated carbocycles. The summed E-state index contributed by atoms with van der Waals surface area (Å²) in [6.07, 6.45) is 1.38. The zero-order valence-electron chi connectivity index (χ0n) is 11.2. The Morgan fingerprint density at radius 2 is 1.84 bits per heavy atom. The van der Waals surface area contributed by atoms with Crippen LogP contribution in [0.4, 0.5) is 0 Å². The maximum atomic E-state index is 11.6. The van der Waals surface area contributed by atoms with E-state index in [1.54, 1.807) is 12.1 Å². The third kappa shape index (κ3) is 5.52. The predicted octanol–water partition coefficient (Wildman–Crippen LogP) is 0.791. The average molecular weight is 263 g/mol. The zero-order chi connectivity index (χ0) is 14.1. The molecule has 0 aromatic heterocycles. The van der Waals surface area contributed by atoms with Gasteiger partial charge in [-0.15, -0.1) is 0 Å². The molecule has 0 atom stereocenters. The van der Waals surface area contributed by atoms with Crippen LogP contribution in [-0.4, -0.2) is 24.9 Å². The largest absolute Gasteiger partial charge is 0.352 e. The van der Waals surface area contributed by atoms with E-state index in [2.05, 4.69) is 10.6 Å². The molecule has 5 nitrogen and oxygen atoms in total. The fourth-order valence-corrected chi connectivity index (χ4v) is 1.58. The Labute approximate surface area is 113 Å². The summed E-state index contributed by atoms with van der Waals surface area (Å²) in [7, 11) is 0. The van der Waals surface area contributed by atoms with Gasteiger partial charge in [0.05, 0.1) is 0 Å². The third-order valence-corrected chi connectivity index (χ3v) is 2.61. The number of hydrogen-bond donors (Lipinski definition) is 3. The molecule has 1 rings (SSSR count). The first-order valence-electron chi connectivity index (χ1n) is 6.51. The van der Waals surface area contributed by atoms with Crippen LogP contribution >= 0.6 is 0 Å². The van der Waals surface area contributed by atoms with Crippen molar-refractivity contribution < 1.29 is 9.59 Å². The molecule has 5 heteroatoms. The van der Waals surface area contributed by atoms with Crippen LogP contribution in [0.15, 0.2) is 24.3 Å². The number of nitrogens with one attached hydrogen (secondary N) is 2. The maximum absolute atomic E-state index is 11.6. The van der Waals surface area contributed by atoms with Gasteiger partial charge in [-0.1, -0.05) is 19.1 Å². The molecule has 1 aromatic carbocycles. The molecule has 0 spiro atoms. The summed E-state index contributed by atoms with van der Waals surface area (Å²) in [5, 5.41) is 5.53. The second-order valence-corrected chi connectivity index (χ2v) is 4.27. The fourth-order valence-electron chi connectivity index (χ4n) is 1.58. The lowest BCUT2D eigenvalue weighted by atomic mass is 10.1. The molecule has 104 valence electrons. The van der Waals surface area contributed by atoms with Gasteiger partial charge < -0.3 is 16.4 Å². The molecule has 0 aliphatic carbocycles. The van der Waals surface area contributed by atoms with Gasteiger partial charge in [0.25, 0.3) is 5.91 Å². The highest BCUT2D eigenvalue weighted by atomic mass is 16.2. The minimum atomic E-state index is -0.132. The van der Waals surface area contributed by atoms with E-state index in [1.807, 2.05) is 19.1 Å². The van der Waals surface area contributed by atoms with Gasteiger partial charge in [0, 0.05) is 31.6 Å². The van der Waals surface area contributed by atoms with Crippen LogP contribution < -0.4 is 16.4 Å². The van der Waals surface area contributed by atoms with Gasteiger partial charge in [-0.2, -0.15) is 0 Å². The van der Waals surface area contributed by atoms with E-state index in [1.165, 1.54) is 0 Å². The van der Waals surface area contributed by atoms with Crippen molar-refractivity contribution in [3.63, 3.8) is 0 Å². The lowest BCUT2D eigenvalue weighted by Gasteiger charge is -2.06. The van der Waals surface area contributed by atoms with Crippen molar-refractivity contribution in [3.05, 3.63) is 35.4 Å². The molecule has 2 amide bonds. The van der Waals surface area contributed by atoms with Gasteiger partial charge in [-0.25, -0.2) is 0 Å². The second kappa shape index (κ2) is 8.26. The second-order valence-electron chi connectivity index (χ2n) is 4.27. The van der Waals surface area contributed by atoms with Crippen molar-refractivity contribution in [3.8, 4) is 0 Å². The molecule has 0 aliphatic heterocycles. The summed E-state index contributed by atoms with van der Waals surface area (Å²) >= 11 is 0. The minimum Gasteiger partial charge on any atom is -0.352 e. The van der Waals surface area contributed by atoms with E-state index in [-0.39, 0.29) is 11.8 Å². The van der Waals surface area contributed by atoms with Crippen LogP contribution in [0.5, 0.6) is 0 Å². The topological polar surface area (TPSA) is 84.2 Å². The maximum Gasteiger partial charge on any atom is 0.251 e. The van der Waals surface area contributed by atoms with E-state index in [0.717, 1.165) is 12.0 Å². The van der Waals surface area contributed by atoms with Gasteiger partial charge in [0.2, 0.25) is 5.91 Å². The molecular formula is C14H21N3O2. The van der Waals surface area contributed by atoms with Gasteiger partial charge >= 0.3 is 0 Å². The zero-order valence-corrected chi connectivity index (χ0v) is 11.2. The number of benzene rings is 1. The predicted molar refractivity (Wildman–Crippen MR) is 74.6 cm³/mol. The number of amides is 2. The number of rotatable bonds is 7. The van der Waals surface area contributed by atoms with Crippen molar-refractivity contribution in [1.82, 2.24) is 10.6 Å². The molecule has 0 aliphatic rings. The highest BCUT2D eigenvalue weighted by Gasteiger charge is 2.04. The van der Waals surface area contributed by atoms with Crippen molar-refractivity contribution in [2.75, 3.05) is 13.1 Å². The third-order valence-electron chi connectivity index (χ3n) is 2.61. The van der Waals surface area contributed by atoms with E-state index >= 15 is 0 Å². The van der Waals surface area contributed by atoms with Crippen LogP contribution in [0.1, 0.15) is 35.7 Å². The summed E-state index contributed by atoms with van der Waals surface area (Å²) in [5.74, 6) is -0.0840. The Kier molecular flexibility index (Phi) is 6.60. The Bertz CT molecular complexity index is 415.